The summed E-state index contributed by atoms with van der Waals surface area (Å²) < 4.78 is 65.0. The highest BCUT2D eigenvalue weighted by molar-refractivity contribution is 7.52. The van der Waals surface area contributed by atoms with Crippen LogP contribution in [0.2, 0.25) is 0 Å². The van der Waals surface area contributed by atoms with Crippen LogP contribution in [0.3, 0.4) is 0 Å². The molecule has 3 rings (SSSR count). The maximum Gasteiger partial charge on any atom is 0.460 e. The van der Waals surface area contributed by atoms with E-state index in [1.807, 2.05) is 0 Å². The Bertz CT molecular complexity index is 1310. The van der Waals surface area contributed by atoms with E-state index in [1.54, 1.807) is 32.0 Å². The molecule has 1 saturated heterocycles. The summed E-state index contributed by atoms with van der Waals surface area (Å²) in [4.78, 5) is 28.1. The average Bonchev–Trinajstić information content (AvgIpc) is 3.12. The van der Waals surface area contributed by atoms with Crippen LogP contribution < -0.4 is 21.0 Å². The van der Waals surface area contributed by atoms with E-state index in [4.69, 9.17) is 24.3 Å². The first-order chi connectivity index (χ1) is 18.5. The molecule has 1 fully saturated rings. The predicted molar refractivity (Wildman–Crippen MR) is 137 cm³/mol. The minimum absolute atomic E-state index is 0.0829. The number of para-hydroxylation sites is 1. The fourth-order valence-electron chi connectivity index (χ4n) is 4.04. The highest BCUT2D eigenvalue weighted by Gasteiger charge is 2.62. The van der Waals surface area contributed by atoms with Gasteiger partial charge in [0.05, 0.1) is 12.3 Å². The number of rotatable bonds is 11. The lowest BCUT2D eigenvalue weighted by atomic mass is 9.88. The third-order valence-corrected chi connectivity index (χ3v) is 7.84. The number of nitrogens with zero attached hydrogens (tertiary/aromatic N) is 2. The Kier molecular flexibility index (Phi) is 9.39. The maximum atomic E-state index is 14.2. The number of alkyl halides is 1. The number of aliphatic hydroxyl groups is 2. The molecule has 40 heavy (non-hydrogen) atoms. The third kappa shape index (κ3) is 6.67. The molecule has 2 aromatic rings. The molecular weight excluding hydrogens is 557 g/mol. The Morgan fingerprint density at radius 3 is 2.52 bits per heavy atom. The first-order valence-electron chi connectivity index (χ1n) is 12.2. The van der Waals surface area contributed by atoms with Gasteiger partial charge in [-0.15, -0.1) is 0 Å². The molecule has 0 aliphatic carbocycles. The molecule has 16 heteroatoms. The number of esters is 1. The van der Waals surface area contributed by atoms with Crippen molar-refractivity contribution in [3.63, 3.8) is 0 Å². The number of hydrogen-bond donors (Lipinski definition) is 4. The van der Waals surface area contributed by atoms with E-state index in [1.165, 1.54) is 32.9 Å². The number of nitrogens with two attached hydrogens (primary N) is 1. The summed E-state index contributed by atoms with van der Waals surface area (Å²) in [5.41, 5.74) is -0.555. The molecule has 222 valence electrons. The summed E-state index contributed by atoms with van der Waals surface area (Å²) in [7, 11) is -4.54. The number of aromatic nitrogens is 2. The molecule has 1 unspecified atom stereocenters. The van der Waals surface area contributed by atoms with Gasteiger partial charge in [-0.25, -0.2) is 18.1 Å². The first kappa shape index (κ1) is 31.6. The fraction of sp³-hybridized carbons (Fsp3) is 0.542. The van der Waals surface area contributed by atoms with Gasteiger partial charge in [-0.05, 0) is 46.8 Å². The van der Waals surface area contributed by atoms with Crippen LogP contribution in [0.1, 0.15) is 40.8 Å². The van der Waals surface area contributed by atoms with Gasteiger partial charge in [-0.3, -0.25) is 13.9 Å². The Morgan fingerprint density at radius 2 is 1.95 bits per heavy atom. The second kappa shape index (κ2) is 11.9. The number of halogens is 2. The second-order valence-corrected chi connectivity index (χ2v) is 11.7. The zero-order valence-electron chi connectivity index (χ0n) is 22.5. The normalized spacial score (nSPS) is 25.4. The summed E-state index contributed by atoms with van der Waals surface area (Å²) in [6.45, 7) is 5.53. The maximum absolute atomic E-state index is 14.2. The van der Waals surface area contributed by atoms with Gasteiger partial charge in [-0.1, -0.05) is 18.2 Å². The molecule has 5 N–H and O–H groups in total. The third-order valence-electron chi connectivity index (χ3n) is 5.97. The highest BCUT2D eigenvalue weighted by atomic mass is 31.2. The Labute approximate surface area is 228 Å². The van der Waals surface area contributed by atoms with E-state index in [9.17, 15) is 33.1 Å². The summed E-state index contributed by atoms with van der Waals surface area (Å²) in [5.74, 6) is -2.58. The van der Waals surface area contributed by atoms with E-state index in [2.05, 4.69) is 10.1 Å². The van der Waals surface area contributed by atoms with Crippen LogP contribution in [0.4, 0.5) is 14.6 Å². The number of nitrogens with one attached hydrogen (secondary N) is 1. The molecule has 13 nitrogen and oxygen atoms in total. The number of nitrogen functional groups attached to an aromatic ring is 1. The standard InChI is InChI=1S/C24H33F2N4O9P/c1-13(2)36-20(32)14(3)29-40(35,38-15-9-7-6-8-10-15)39-23(4,5)18-17(31)24(34,12-25)21(37-18)30-11-16(26)19(27)28-22(30)33/h6-11,13-14,17-18,21,31,34H,12H2,1-5H3,(H,29,35)(H2,27,28,33)/t14-,17?,18-,21+,24+,40+/m0/s1. The molecule has 1 aromatic heterocycles. The lowest BCUT2D eigenvalue weighted by Gasteiger charge is -2.36. The lowest BCUT2D eigenvalue weighted by molar-refractivity contribution is -0.149. The number of aliphatic hydroxyl groups excluding tert-OH is 1. The summed E-state index contributed by atoms with van der Waals surface area (Å²) in [6, 6.07) is 6.59. The smallest absolute Gasteiger partial charge is 0.460 e. The molecule has 0 bridgehead atoms. The molecule has 1 aromatic carbocycles. The predicted octanol–water partition coefficient (Wildman–Crippen LogP) is 1.84. The molecule has 2 heterocycles. The second-order valence-electron chi connectivity index (χ2n) is 10.1. The van der Waals surface area contributed by atoms with Gasteiger partial charge in [0.15, 0.2) is 23.5 Å². The van der Waals surface area contributed by atoms with Gasteiger partial charge in [0, 0.05) is 0 Å². The molecular formula is C24H33F2N4O9P. The van der Waals surface area contributed by atoms with Crippen molar-refractivity contribution < 1.29 is 46.9 Å². The van der Waals surface area contributed by atoms with Crippen LogP contribution in [-0.4, -0.2) is 68.0 Å². The molecule has 6 atom stereocenters. The Morgan fingerprint density at radius 1 is 1.32 bits per heavy atom. The summed E-state index contributed by atoms with van der Waals surface area (Å²) in [5, 5.41) is 24.5. The Balaban J connectivity index is 1.97. The highest BCUT2D eigenvalue weighted by Crippen LogP contribution is 2.52. The molecule has 0 spiro atoms. The molecule has 1 aliphatic heterocycles. The number of hydrogen-bond acceptors (Lipinski definition) is 11. The van der Waals surface area contributed by atoms with Gasteiger partial charge >= 0.3 is 19.4 Å². The SMILES string of the molecule is CC(C)OC(=O)[C@H](C)N[P@@](=O)(Oc1ccccc1)OC(C)(C)[C@H]1O[C@@H](n2cc(F)c(N)nc2=O)[C@@](O)(CF)C1O. The monoisotopic (exact) mass is 590 g/mol. The molecule has 0 saturated carbocycles. The average molecular weight is 591 g/mol. The number of benzene rings is 1. The fourth-order valence-corrected chi connectivity index (χ4v) is 5.88. The van der Waals surface area contributed by atoms with E-state index >= 15 is 0 Å². The van der Waals surface area contributed by atoms with Crippen molar-refractivity contribution in [2.75, 3.05) is 12.4 Å². The van der Waals surface area contributed by atoms with E-state index in [0.717, 1.165) is 0 Å². The molecule has 0 radical (unpaired) electrons. The van der Waals surface area contributed by atoms with Crippen LogP contribution in [-0.2, 0) is 23.4 Å². The Hall–Kier alpha value is -2.94. The molecule has 1 aliphatic rings. The minimum atomic E-state index is -4.54. The topological polar surface area (TPSA) is 184 Å². The lowest BCUT2D eigenvalue weighted by Crippen LogP contribution is -2.54. The minimum Gasteiger partial charge on any atom is -0.462 e. The quantitative estimate of drug-likeness (QED) is 0.220. The molecule has 0 amide bonds. The van der Waals surface area contributed by atoms with E-state index in [0.29, 0.717) is 10.8 Å². The van der Waals surface area contributed by atoms with Crippen LogP contribution in [0.5, 0.6) is 5.75 Å². The van der Waals surface area contributed by atoms with Crippen molar-refractivity contribution in [3.05, 3.63) is 52.8 Å². The summed E-state index contributed by atoms with van der Waals surface area (Å²) in [6.07, 6.45) is -5.70. The van der Waals surface area contributed by atoms with Crippen LogP contribution >= 0.6 is 7.75 Å². The zero-order valence-corrected chi connectivity index (χ0v) is 23.4. The number of carbonyl (C=O) groups excluding carboxylic acids is 1. The van der Waals surface area contributed by atoms with E-state index in [-0.39, 0.29) is 5.75 Å². The van der Waals surface area contributed by atoms with Gasteiger partial charge in [0.1, 0.15) is 36.3 Å². The van der Waals surface area contributed by atoms with Crippen LogP contribution in [0.15, 0.2) is 41.3 Å². The van der Waals surface area contributed by atoms with Crippen LogP contribution in [0, 0.1) is 5.82 Å². The van der Waals surface area contributed by atoms with Crippen molar-refractivity contribution in [3.8, 4) is 5.75 Å². The largest absolute Gasteiger partial charge is 0.462 e. The summed E-state index contributed by atoms with van der Waals surface area (Å²) >= 11 is 0. The zero-order chi connectivity index (χ0) is 30.0. The van der Waals surface area contributed by atoms with Crippen molar-refractivity contribution in [2.24, 2.45) is 0 Å². The van der Waals surface area contributed by atoms with Gasteiger partial charge < -0.3 is 29.9 Å². The number of carbonyl (C=O) groups is 1. The van der Waals surface area contributed by atoms with E-state index < -0.39 is 79.5 Å². The first-order valence-corrected chi connectivity index (χ1v) is 13.8. The van der Waals surface area contributed by atoms with Crippen LogP contribution in [0.25, 0.3) is 0 Å². The number of anilines is 1. The van der Waals surface area contributed by atoms with Crippen molar-refractivity contribution in [2.45, 2.75) is 76.4 Å². The van der Waals surface area contributed by atoms with Gasteiger partial charge in [0.2, 0.25) is 0 Å². The van der Waals surface area contributed by atoms with Crippen molar-refractivity contribution in [1.29, 1.82) is 0 Å². The number of ether oxygens (including phenoxy) is 2. The van der Waals surface area contributed by atoms with Gasteiger partial charge in [0.25, 0.3) is 0 Å². The van der Waals surface area contributed by atoms with Crippen molar-refractivity contribution >= 4 is 19.5 Å². The van der Waals surface area contributed by atoms with Gasteiger partial charge in [-0.2, -0.15) is 10.1 Å². The van der Waals surface area contributed by atoms with Crippen molar-refractivity contribution in [1.82, 2.24) is 14.6 Å².